The summed E-state index contributed by atoms with van der Waals surface area (Å²) in [6, 6.07) is 8.15. The second-order valence-electron chi connectivity index (χ2n) is 6.93. The lowest BCUT2D eigenvalue weighted by Gasteiger charge is -2.21. The van der Waals surface area contributed by atoms with Crippen molar-refractivity contribution in [1.29, 1.82) is 0 Å². The molecule has 5 nitrogen and oxygen atoms in total. The Bertz CT molecular complexity index is 611. The van der Waals surface area contributed by atoms with Crippen molar-refractivity contribution in [1.82, 2.24) is 15.0 Å². The topological polar surface area (TPSA) is 66.0 Å². The summed E-state index contributed by atoms with van der Waals surface area (Å²) in [5.74, 6) is 0.928. The van der Waals surface area contributed by atoms with E-state index in [9.17, 15) is 0 Å². The Morgan fingerprint density at radius 2 is 1.83 bits per heavy atom. The van der Waals surface area contributed by atoms with Gasteiger partial charge in [0, 0.05) is 18.5 Å². The maximum atomic E-state index is 5.78. The first-order valence-corrected chi connectivity index (χ1v) is 8.24. The van der Waals surface area contributed by atoms with E-state index in [4.69, 9.17) is 10.5 Å². The van der Waals surface area contributed by atoms with Crippen LogP contribution in [0.25, 0.3) is 0 Å². The van der Waals surface area contributed by atoms with Crippen LogP contribution in [0.5, 0.6) is 5.75 Å². The molecule has 126 valence electrons. The minimum atomic E-state index is -0.00337. The predicted octanol–water partition coefficient (Wildman–Crippen LogP) is 3.20. The van der Waals surface area contributed by atoms with Crippen LogP contribution in [0.4, 0.5) is 0 Å². The Labute approximate surface area is 138 Å². The van der Waals surface area contributed by atoms with Crippen LogP contribution in [0.1, 0.15) is 50.6 Å². The number of aryl methyl sites for hydroxylation is 2. The lowest BCUT2D eigenvalue weighted by molar-refractivity contribution is 0.300. The number of hydrogen-bond donors (Lipinski definition) is 1. The van der Waals surface area contributed by atoms with Gasteiger partial charge in [0.1, 0.15) is 5.75 Å². The molecule has 0 spiro atoms. The van der Waals surface area contributed by atoms with E-state index in [0.717, 1.165) is 36.5 Å². The van der Waals surface area contributed by atoms with Crippen molar-refractivity contribution >= 4 is 0 Å². The van der Waals surface area contributed by atoms with Gasteiger partial charge in [0.2, 0.25) is 0 Å². The van der Waals surface area contributed by atoms with Crippen molar-refractivity contribution in [3.63, 3.8) is 0 Å². The number of unbranched alkanes of at least 4 members (excludes halogenated alkanes) is 1. The molecule has 0 fully saturated rings. The lowest BCUT2D eigenvalue weighted by Crippen LogP contribution is -2.21. The molecule has 0 aliphatic heterocycles. The molecule has 0 unspecified atom stereocenters. The summed E-state index contributed by atoms with van der Waals surface area (Å²) < 4.78 is 7.75. The average Bonchev–Trinajstić information content (AvgIpc) is 2.92. The molecule has 2 aromatic rings. The molecule has 2 N–H and O–H groups in total. The van der Waals surface area contributed by atoms with Crippen molar-refractivity contribution < 1.29 is 4.74 Å². The number of nitrogens with zero attached hydrogens (tertiary/aromatic N) is 3. The van der Waals surface area contributed by atoms with E-state index < -0.39 is 0 Å². The molecule has 1 heterocycles. The van der Waals surface area contributed by atoms with Crippen molar-refractivity contribution in [3.8, 4) is 5.75 Å². The molecule has 0 saturated heterocycles. The van der Waals surface area contributed by atoms with Crippen molar-refractivity contribution in [2.75, 3.05) is 6.61 Å². The zero-order valence-electron chi connectivity index (χ0n) is 14.7. The minimum Gasteiger partial charge on any atom is -0.494 e. The highest BCUT2D eigenvalue weighted by atomic mass is 16.5. The molecule has 1 aromatic carbocycles. The van der Waals surface area contributed by atoms with E-state index in [1.807, 2.05) is 16.8 Å². The summed E-state index contributed by atoms with van der Waals surface area (Å²) in [5.41, 5.74) is 9.05. The first-order chi connectivity index (χ1) is 10.9. The molecule has 0 atom stereocenters. The predicted molar refractivity (Wildman–Crippen MR) is 92.5 cm³/mol. The van der Waals surface area contributed by atoms with Crippen LogP contribution < -0.4 is 10.5 Å². The van der Waals surface area contributed by atoms with Crippen LogP contribution in [-0.2, 0) is 18.5 Å². The molecule has 0 bridgehead atoms. The van der Waals surface area contributed by atoms with Gasteiger partial charge in [-0.3, -0.25) is 0 Å². The number of nitrogens with two attached hydrogens (primary N) is 1. The number of hydrogen-bond acceptors (Lipinski definition) is 4. The van der Waals surface area contributed by atoms with E-state index in [-0.39, 0.29) is 5.41 Å². The molecular weight excluding hydrogens is 288 g/mol. The molecule has 0 aliphatic carbocycles. The standard InChI is InChI=1S/C18H28N4O/c1-14-7-9-15(10-8-14)23-12-6-5-11-22-17(18(2,3)4)16(13-19)20-21-22/h7-10H,5-6,11-13,19H2,1-4H3. The number of benzene rings is 1. The van der Waals surface area contributed by atoms with E-state index in [1.54, 1.807) is 0 Å². The van der Waals surface area contributed by atoms with Crippen LogP contribution >= 0.6 is 0 Å². The van der Waals surface area contributed by atoms with Gasteiger partial charge in [-0.2, -0.15) is 0 Å². The Morgan fingerprint density at radius 1 is 1.13 bits per heavy atom. The van der Waals surface area contributed by atoms with Gasteiger partial charge in [-0.05, 0) is 31.9 Å². The van der Waals surface area contributed by atoms with Crippen LogP contribution in [0.2, 0.25) is 0 Å². The summed E-state index contributed by atoms with van der Waals surface area (Å²) in [6.07, 6.45) is 1.98. The van der Waals surface area contributed by atoms with E-state index in [0.29, 0.717) is 13.2 Å². The maximum Gasteiger partial charge on any atom is 0.119 e. The van der Waals surface area contributed by atoms with E-state index in [2.05, 4.69) is 50.1 Å². The van der Waals surface area contributed by atoms with Gasteiger partial charge in [-0.25, -0.2) is 4.68 Å². The molecule has 0 aliphatic rings. The minimum absolute atomic E-state index is 0.00337. The van der Waals surface area contributed by atoms with Crippen LogP contribution in [0.3, 0.4) is 0 Å². The molecule has 23 heavy (non-hydrogen) atoms. The molecule has 0 amide bonds. The molecule has 0 saturated carbocycles. The zero-order chi connectivity index (χ0) is 16.9. The second-order valence-corrected chi connectivity index (χ2v) is 6.93. The monoisotopic (exact) mass is 316 g/mol. The van der Waals surface area contributed by atoms with E-state index in [1.165, 1.54) is 5.56 Å². The maximum absolute atomic E-state index is 5.78. The lowest BCUT2D eigenvalue weighted by atomic mass is 9.90. The number of ether oxygens (including phenoxy) is 1. The fourth-order valence-electron chi connectivity index (χ4n) is 2.65. The van der Waals surface area contributed by atoms with Gasteiger partial charge in [-0.15, -0.1) is 5.10 Å². The Hall–Kier alpha value is -1.88. The molecule has 5 heteroatoms. The molecule has 1 aromatic heterocycles. The van der Waals surface area contributed by atoms with Gasteiger partial charge in [0.25, 0.3) is 0 Å². The first-order valence-electron chi connectivity index (χ1n) is 8.24. The molecule has 0 radical (unpaired) electrons. The highest BCUT2D eigenvalue weighted by Crippen LogP contribution is 2.24. The van der Waals surface area contributed by atoms with Gasteiger partial charge >= 0.3 is 0 Å². The third-order valence-corrected chi connectivity index (χ3v) is 3.76. The SMILES string of the molecule is Cc1ccc(OCCCCn2nnc(CN)c2C(C)(C)C)cc1. The number of rotatable bonds is 7. The Balaban J connectivity index is 1.82. The Morgan fingerprint density at radius 3 is 2.43 bits per heavy atom. The average molecular weight is 316 g/mol. The van der Waals surface area contributed by atoms with E-state index >= 15 is 0 Å². The van der Waals surface area contributed by atoms with Gasteiger partial charge in [0.15, 0.2) is 0 Å². The van der Waals surface area contributed by atoms with Gasteiger partial charge < -0.3 is 10.5 Å². The summed E-state index contributed by atoms with van der Waals surface area (Å²) >= 11 is 0. The highest BCUT2D eigenvalue weighted by molar-refractivity contribution is 5.26. The summed E-state index contributed by atoms with van der Waals surface area (Å²) in [5, 5.41) is 8.48. The van der Waals surface area contributed by atoms with Crippen LogP contribution in [-0.4, -0.2) is 21.6 Å². The van der Waals surface area contributed by atoms with Crippen LogP contribution in [0.15, 0.2) is 24.3 Å². The summed E-state index contributed by atoms with van der Waals surface area (Å²) in [6.45, 7) is 10.6. The second kappa shape index (κ2) is 7.59. The fourth-order valence-corrected chi connectivity index (χ4v) is 2.65. The summed E-state index contributed by atoms with van der Waals surface area (Å²) in [7, 11) is 0. The van der Waals surface area contributed by atoms with Gasteiger partial charge in [-0.1, -0.05) is 43.7 Å². The zero-order valence-corrected chi connectivity index (χ0v) is 14.7. The van der Waals surface area contributed by atoms with Crippen molar-refractivity contribution in [2.24, 2.45) is 5.73 Å². The third kappa shape index (κ3) is 4.79. The molecule has 2 rings (SSSR count). The van der Waals surface area contributed by atoms with Crippen molar-refractivity contribution in [2.45, 2.75) is 59.0 Å². The fraction of sp³-hybridized carbons (Fsp3) is 0.556. The quantitative estimate of drug-likeness (QED) is 0.797. The van der Waals surface area contributed by atoms with Crippen molar-refractivity contribution in [3.05, 3.63) is 41.2 Å². The number of aromatic nitrogens is 3. The van der Waals surface area contributed by atoms with Crippen LogP contribution in [0, 0.1) is 6.92 Å². The molecular formula is C18H28N4O. The largest absolute Gasteiger partial charge is 0.494 e. The third-order valence-electron chi connectivity index (χ3n) is 3.76. The van der Waals surface area contributed by atoms with Gasteiger partial charge in [0.05, 0.1) is 18.0 Å². The smallest absolute Gasteiger partial charge is 0.119 e. The summed E-state index contributed by atoms with van der Waals surface area (Å²) in [4.78, 5) is 0. The Kier molecular flexibility index (Phi) is 5.77. The normalized spacial score (nSPS) is 11.7. The highest BCUT2D eigenvalue weighted by Gasteiger charge is 2.24. The first kappa shape index (κ1) is 17.5.